The van der Waals surface area contributed by atoms with Crippen LogP contribution in [0.3, 0.4) is 0 Å². The summed E-state index contributed by atoms with van der Waals surface area (Å²) in [6, 6.07) is 6.42. The van der Waals surface area contributed by atoms with Crippen LogP contribution in [0.1, 0.15) is 33.1 Å². The van der Waals surface area contributed by atoms with Crippen LogP contribution >= 0.6 is 11.3 Å². The fraction of sp³-hybridized carbons (Fsp3) is 0.375. The molecule has 1 aromatic heterocycles. The number of nitrogens with two attached hydrogens (primary N) is 1. The second-order valence-corrected chi connectivity index (χ2v) is 6.69. The number of piperidine rings is 1. The topological polar surface area (TPSA) is 59.2 Å². The molecule has 1 aliphatic heterocycles. The van der Waals surface area contributed by atoms with Crippen LogP contribution < -0.4 is 5.73 Å². The number of carbonyl (C=O) groups is 1. The van der Waals surface area contributed by atoms with Gasteiger partial charge in [0, 0.05) is 25.6 Å². The molecule has 1 unspecified atom stereocenters. The van der Waals surface area contributed by atoms with Crippen LogP contribution in [-0.2, 0) is 6.42 Å². The predicted octanol–water partition coefficient (Wildman–Crippen LogP) is 2.44. The van der Waals surface area contributed by atoms with Crippen molar-refractivity contribution < 1.29 is 9.18 Å². The molecule has 3 rings (SSSR count). The molecule has 4 nitrogen and oxygen atoms in total. The zero-order valence-electron chi connectivity index (χ0n) is 12.2. The van der Waals surface area contributed by atoms with Crippen LogP contribution in [0.2, 0.25) is 0 Å². The molecule has 0 radical (unpaired) electrons. The Hall–Kier alpha value is -1.79. The van der Waals surface area contributed by atoms with Gasteiger partial charge in [-0.25, -0.2) is 9.37 Å². The first-order valence-electron chi connectivity index (χ1n) is 7.36. The van der Waals surface area contributed by atoms with Crippen molar-refractivity contribution >= 4 is 17.2 Å². The van der Waals surface area contributed by atoms with Crippen molar-refractivity contribution in [1.29, 1.82) is 0 Å². The molecule has 116 valence electrons. The van der Waals surface area contributed by atoms with Crippen molar-refractivity contribution in [1.82, 2.24) is 9.88 Å². The van der Waals surface area contributed by atoms with Gasteiger partial charge in [-0.2, -0.15) is 0 Å². The number of amides is 1. The van der Waals surface area contributed by atoms with E-state index in [-0.39, 0.29) is 17.8 Å². The Labute approximate surface area is 132 Å². The van der Waals surface area contributed by atoms with Crippen LogP contribution in [0.15, 0.2) is 30.5 Å². The summed E-state index contributed by atoms with van der Waals surface area (Å²) in [6.07, 6.45) is 4.17. The van der Waals surface area contributed by atoms with Gasteiger partial charge in [-0.05, 0) is 30.5 Å². The largest absolute Gasteiger partial charge is 0.336 e. The highest BCUT2D eigenvalue weighted by molar-refractivity contribution is 7.13. The van der Waals surface area contributed by atoms with E-state index in [0.29, 0.717) is 17.8 Å². The summed E-state index contributed by atoms with van der Waals surface area (Å²) in [7, 11) is 0. The maximum atomic E-state index is 12.9. The summed E-state index contributed by atoms with van der Waals surface area (Å²) in [5.41, 5.74) is 6.91. The Balaban J connectivity index is 1.67. The van der Waals surface area contributed by atoms with Gasteiger partial charge < -0.3 is 10.6 Å². The number of carbonyl (C=O) groups excluding carboxylic acids is 1. The number of benzene rings is 1. The minimum Gasteiger partial charge on any atom is -0.336 e. The molecule has 22 heavy (non-hydrogen) atoms. The lowest BCUT2D eigenvalue weighted by atomic mass is 10.1. The summed E-state index contributed by atoms with van der Waals surface area (Å²) in [5.74, 6) is -0.238. The van der Waals surface area contributed by atoms with Gasteiger partial charge in [-0.15, -0.1) is 11.3 Å². The second kappa shape index (κ2) is 6.54. The van der Waals surface area contributed by atoms with E-state index in [1.165, 1.54) is 23.5 Å². The average Bonchev–Trinajstić information content (AvgIpc) is 2.97. The van der Waals surface area contributed by atoms with Gasteiger partial charge in [-0.1, -0.05) is 12.1 Å². The van der Waals surface area contributed by atoms with Crippen molar-refractivity contribution in [2.75, 3.05) is 13.1 Å². The van der Waals surface area contributed by atoms with Gasteiger partial charge in [0.1, 0.15) is 10.7 Å². The van der Waals surface area contributed by atoms with Gasteiger partial charge >= 0.3 is 0 Å². The van der Waals surface area contributed by atoms with Gasteiger partial charge in [0.15, 0.2) is 0 Å². The molecule has 1 aromatic carbocycles. The van der Waals surface area contributed by atoms with Crippen LogP contribution in [0.4, 0.5) is 4.39 Å². The van der Waals surface area contributed by atoms with Crippen molar-refractivity contribution in [3.05, 3.63) is 51.7 Å². The lowest BCUT2D eigenvalue weighted by molar-refractivity contribution is 0.0713. The SMILES string of the molecule is NC1CCCN(C(=O)c2cnc(Cc3ccc(F)cc3)s2)C1. The molecule has 0 saturated carbocycles. The molecule has 0 spiro atoms. The van der Waals surface area contributed by atoms with E-state index in [1.54, 1.807) is 18.3 Å². The highest BCUT2D eigenvalue weighted by Gasteiger charge is 2.23. The van der Waals surface area contributed by atoms with Crippen LogP contribution in [-0.4, -0.2) is 34.9 Å². The van der Waals surface area contributed by atoms with E-state index in [9.17, 15) is 9.18 Å². The monoisotopic (exact) mass is 319 g/mol. The number of hydrogen-bond acceptors (Lipinski definition) is 4. The maximum absolute atomic E-state index is 12.9. The molecule has 6 heteroatoms. The van der Waals surface area contributed by atoms with E-state index >= 15 is 0 Å². The van der Waals surface area contributed by atoms with Crippen molar-refractivity contribution in [3.63, 3.8) is 0 Å². The summed E-state index contributed by atoms with van der Waals surface area (Å²) in [6.45, 7) is 1.38. The first kappa shape index (κ1) is 15.1. The van der Waals surface area contributed by atoms with E-state index in [1.807, 2.05) is 4.90 Å². The normalized spacial score (nSPS) is 18.5. The third-order valence-electron chi connectivity index (χ3n) is 3.78. The van der Waals surface area contributed by atoms with Crippen LogP contribution in [0.25, 0.3) is 0 Å². The fourth-order valence-electron chi connectivity index (χ4n) is 2.62. The Kier molecular flexibility index (Phi) is 4.49. The van der Waals surface area contributed by atoms with Gasteiger partial charge in [0.25, 0.3) is 5.91 Å². The Morgan fingerprint density at radius 3 is 2.91 bits per heavy atom. The summed E-state index contributed by atoms with van der Waals surface area (Å²) < 4.78 is 12.9. The van der Waals surface area contributed by atoms with Gasteiger partial charge in [0.2, 0.25) is 0 Å². The highest BCUT2D eigenvalue weighted by Crippen LogP contribution is 2.20. The zero-order valence-corrected chi connectivity index (χ0v) is 13.0. The zero-order chi connectivity index (χ0) is 15.5. The van der Waals surface area contributed by atoms with Crippen LogP contribution in [0, 0.1) is 5.82 Å². The number of aromatic nitrogens is 1. The minimum atomic E-state index is -0.250. The number of hydrogen-bond donors (Lipinski definition) is 1. The standard InChI is InChI=1S/C16H18FN3OS/c17-12-5-3-11(4-6-12)8-15-19-9-14(22-15)16(21)20-7-1-2-13(18)10-20/h3-6,9,13H,1-2,7-8,10,18H2. The average molecular weight is 319 g/mol. The number of halogens is 1. The van der Waals surface area contributed by atoms with Crippen molar-refractivity contribution in [2.24, 2.45) is 5.73 Å². The Bertz CT molecular complexity index is 656. The summed E-state index contributed by atoms with van der Waals surface area (Å²) >= 11 is 1.40. The van der Waals surface area contributed by atoms with E-state index in [2.05, 4.69) is 4.98 Å². The quantitative estimate of drug-likeness (QED) is 0.945. The van der Waals surface area contributed by atoms with E-state index < -0.39 is 0 Å². The first-order chi connectivity index (χ1) is 10.6. The minimum absolute atomic E-state index is 0.0120. The summed E-state index contributed by atoms with van der Waals surface area (Å²) in [5, 5.41) is 0.858. The molecular formula is C16H18FN3OS. The maximum Gasteiger partial charge on any atom is 0.265 e. The molecule has 1 atom stereocenters. The molecule has 1 fully saturated rings. The number of thiazole rings is 1. The molecule has 0 bridgehead atoms. The molecule has 1 aliphatic rings. The summed E-state index contributed by atoms with van der Waals surface area (Å²) in [4.78, 5) is 19.2. The fourth-order valence-corrected chi connectivity index (χ4v) is 3.54. The highest BCUT2D eigenvalue weighted by atomic mass is 32.1. The molecule has 1 saturated heterocycles. The predicted molar refractivity (Wildman–Crippen MR) is 84.4 cm³/mol. The van der Waals surface area contributed by atoms with Gasteiger partial charge in [-0.3, -0.25) is 4.79 Å². The molecule has 1 amide bonds. The number of likely N-dealkylation sites (tertiary alicyclic amines) is 1. The third-order valence-corrected chi connectivity index (χ3v) is 4.76. The van der Waals surface area contributed by atoms with E-state index in [0.717, 1.165) is 30.0 Å². The number of nitrogens with zero attached hydrogens (tertiary/aromatic N) is 2. The Morgan fingerprint density at radius 1 is 1.41 bits per heavy atom. The molecule has 2 aromatic rings. The molecule has 2 heterocycles. The lowest BCUT2D eigenvalue weighted by Gasteiger charge is -2.30. The van der Waals surface area contributed by atoms with Crippen molar-refractivity contribution in [2.45, 2.75) is 25.3 Å². The smallest absolute Gasteiger partial charge is 0.265 e. The lowest BCUT2D eigenvalue weighted by Crippen LogP contribution is -2.45. The molecule has 2 N–H and O–H groups in total. The molecule has 0 aliphatic carbocycles. The van der Waals surface area contributed by atoms with E-state index in [4.69, 9.17) is 5.73 Å². The third kappa shape index (κ3) is 3.51. The van der Waals surface area contributed by atoms with Crippen molar-refractivity contribution in [3.8, 4) is 0 Å². The number of rotatable bonds is 3. The Morgan fingerprint density at radius 2 is 2.18 bits per heavy atom. The second-order valence-electron chi connectivity index (χ2n) is 5.57. The van der Waals surface area contributed by atoms with Crippen LogP contribution in [0.5, 0.6) is 0 Å². The first-order valence-corrected chi connectivity index (χ1v) is 8.17. The van der Waals surface area contributed by atoms with Gasteiger partial charge in [0.05, 0.1) is 11.2 Å². The molecular weight excluding hydrogens is 301 g/mol.